The van der Waals surface area contributed by atoms with Crippen LogP contribution in [0.25, 0.3) is 21.9 Å². The summed E-state index contributed by atoms with van der Waals surface area (Å²) in [6.45, 7) is 3.57. The van der Waals surface area contributed by atoms with E-state index in [1.54, 1.807) is 19.9 Å². The molecule has 0 aliphatic heterocycles. The second kappa shape index (κ2) is 7.41. The Labute approximate surface area is 163 Å². The average molecular weight is 381 g/mol. The molecule has 0 saturated heterocycles. The van der Waals surface area contributed by atoms with E-state index >= 15 is 0 Å². The Morgan fingerprint density at radius 1 is 0.926 bits per heavy atom. The zero-order valence-electron chi connectivity index (χ0n) is 15.3. The van der Waals surface area contributed by atoms with E-state index in [4.69, 9.17) is 17.3 Å². The van der Waals surface area contributed by atoms with Crippen LogP contribution in [0.3, 0.4) is 0 Å². The molecule has 27 heavy (non-hydrogen) atoms. The van der Waals surface area contributed by atoms with Gasteiger partial charge in [-0.1, -0.05) is 60.1 Å². The standard InChI is InChI=1S/C22H21ClN2O2/c1-22(2,21(24)27)13-25-20(26)18-12-11-16(14-7-3-4-8-15(14)18)17-9-5-6-10-19(17)23/h3-12H,13H2,1-2H3,(H2,24,27)(H,25,26). The summed E-state index contributed by atoms with van der Waals surface area (Å²) in [5, 5.41) is 5.23. The van der Waals surface area contributed by atoms with Crippen molar-refractivity contribution in [2.24, 2.45) is 11.1 Å². The maximum atomic E-state index is 12.8. The molecule has 0 aromatic heterocycles. The fourth-order valence-electron chi connectivity index (χ4n) is 2.90. The van der Waals surface area contributed by atoms with Gasteiger partial charge in [-0.2, -0.15) is 0 Å². The van der Waals surface area contributed by atoms with Gasteiger partial charge in [-0.3, -0.25) is 9.59 Å². The second-order valence-corrected chi connectivity index (χ2v) is 7.52. The highest BCUT2D eigenvalue weighted by Crippen LogP contribution is 2.34. The Balaban J connectivity index is 2.02. The van der Waals surface area contributed by atoms with Gasteiger partial charge in [-0.25, -0.2) is 0 Å². The van der Waals surface area contributed by atoms with E-state index in [9.17, 15) is 9.59 Å². The van der Waals surface area contributed by atoms with Gasteiger partial charge in [0.25, 0.3) is 5.91 Å². The van der Waals surface area contributed by atoms with Crippen molar-refractivity contribution in [3.05, 3.63) is 71.2 Å². The summed E-state index contributed by atoms with van der Waals surface area (Å²) in [6.07, 6.45) is 0. The number of amides is 2. The summed E-state index contributed by atoms with van der Waals surface area (Å²) in [7, 11) is 0. The minimum Gasteiger partial charge on any atom is -0.369 e. The number of carbonyl (C=O) groups is 2. The van der Waals surface area contributed by atoms with Crippen molar-refractivity contribution in [2.45, 2.75) is 13.8 Å². The van der Waals surface area contributed by atoms with Gasteiger partial charge in [0.1, 0.15) is 0 Å². The van der Waals surface area contributed by atoms with Crippen LogP contribution >= 0.6 is 11.6 Å². The zero-order valence-corrected chi connectivity index (χ0v) is 16.0. The van der Waals surface area contributed by atoms with Crippen LogP contribution < -0.4 is 11.1 Å². The monoisotopic (exact) mass is 380 g/mol. The highest BCUT2D eigenvalue weighted by molar-refractivity contribution is 6.33. The molecule has 0 aliphatic carbocycles. The maximum Gasteiger partial charge on any atom is 0.251 e. The highest BCUT2D eigenvalue weighted by atomic mass is 35.5. The minimum absolute atomic E-state index is 0.168. The molecule has 0 fully saturated rings. The molecule has 0 aliphatic rings. The van der Waals surface area contributed by atoms with Gasteiger partial charge < -0.3 is 11.1 Å². The van der Waals surface area contributed by atoms with E-state index in [1.807, 2.05) is 54.6 Å². The lowest BCUT2D eigenvalue weighted by molar-refractivity contribution is -0.125. The van der Waals surface area contributed by atoms with E-state index in [0.29, 0.717) is 10.6 Å². The number of nitrogens with two attached hydrogens (primary N) is 1. The minimum atomic E-state index is -0.816. The molecule has 138 valence electrons. The van der Waals surface area contributed by atoms with Crippen molar-refractivity contribution >= 4 is 34.2 Å². The fraction of sp³-hybridized carbons (Fsp3) is 0.182. The number of fused-ring (bicyclic) bond motifs is 1. The topological polar surface area (TPSA) is 72.2 Å². The van der Waals surface area contributed by atoms with Crippen molar-refractivity contribution in [1.82, 2.24) is 5.32 Å². The third kappa shape index (κ3) is 3.81. The van der Waals surface area contributed by atoms with Crippen LogP contribution in [0.5, 0.6) is 0 Å². The first-order valence-electron chi connectivity index (χ1n) is 8.66. The molecule has 0 radical (unpaired) electrons. The Kier molecular flexibility index (Phi) is 5.19. The Hall–Kier alpha value is -2.85. The predicted octanol–water partition coefficient (Wildman–Crippen LogP) is 4.40. The van der Waals surface area contributed by atoms with Crippen LogP contribution in [-0.4, -0.2) is 18.4 Å². The second-order valence-electron chi connectivity index (χ2n) is 7.12. The lowest BCUT2D eigenvalue weighted by Crippen LogP contribution is -2.42. The van der Waals surface area contributed by atoms with Gasteiger partial charge in [0.15, 0.2) is 0 Å². The molecule has 0 spiro atoms. The molecule has 0 unspecified atom stereocenters. The predicted molar refractivity (Wildman–Crippen MR) is 110 cm³/mol. The number of hydrogen-bond donors (Lipinski definition) is 2. The molecule has 3 aromatic rings. The van der Waals surface area contributed by atoms with Crippen LogP contribution in [0.4, 0.5) is 0 Å². The van der Waals surface area contributed by atoms with Gasteiger partial charge in [-0.05, 0) is 42.3 Å². The normalized spacial score (nSPS) is 11.4. The first kappa shape index (κ1) is 18.9. The number of benzene rings is 3. The largest absolute Gasteiger partial charge is 0.369 e. The van der Waals surface area contributed by atoms with Crippen LogP contribution in [-0.2, 0) is 4.79 Å². The van der Waals surface area contributed by atoms with Gasteiger partial charge in [0.05, 0.1) is 5.41 Å². The molecular formula is C22H21ClN2O2. The molecule has 3 aromatic carbocycles. The highest BCUT2D eigenvalue weighted by Gasteiger charge is 2.26. The van der Waals surface area contributed by atoms with E-state index in [1.165, 1.54) is 0 Å². The molecule has 0 saturated carbocycles. The van der Waals surface area contributed by atoms with E-state index in [0.717, 1.165) is 21.9 Å². The summed E-state index contributed by atoms with van der Waals surface area (Å²) in [6, 6.07) is 19.0. The van der Waals surface area contributed by atoms with E-state index < -0.39 is 11.3 Å². The zero-order chi connectivity index (χ0) is 19.6. The fourth-order valence-corrected chi connectivity index (χ4v) is 3.13. The van der Waals surface area contributed by atoms with Gasteiger partial charge in [0.2, 0.25) is 5.91 Å². The number of hydrogen-bond acceptors (Lipinski definition) is 2. The first-order chi connectivity index (χ1) is 12.8. The summed E-state index contributed by atoms with van der Waals surface area (Å²) in [5.74, 6) is -0.701. The molecule has 0 atom stereocenters. The van der Waals surface area contributed by atoms with Crippen molar-refractivity contribution in [2.75, 3.05) is 6.54 Å². The number of rotatable bonds is 5. The van der Waals surface area contributed by atoms with Crippen LogP contribution in [0, 0.1) is 5.41 Å². The van der Waals surface area contributed by atoms with Gasteiger partial charge in [0, 0.05) is 22.7 Å². The average Bonchev–Trinajstić information content (AvgIpc) is 2.66. The molecule has 0 bridgehead atoms. The van der Waals surface area contributed by atoms with E-state index in [-0.39, 0.29) is 12.5 Å². The van der Waals surface area contributed by atoms with Crippen molar-refractivity contribution in [1.29, 1.82) is 0 Å². The lowest BCUT2D eigenvalue weighted by atomic mass is 9.92. The quantitative estimate of drug-likeness (QED) is 0.688. The number of nitrogens with one attached hydrogen (secondary N) is 1. The smallest absolute Gasteiger partial charge is 0.251 e. The van der Waals surface area contributed by atoms with Gasteiger partial charge in [-0.15, -0.1) is 0 Å². The van der Waals surface area contributed by atoms with Gasteiger partial charge >= 0.3 is 0 Å². The molecule has 2 amide bonds. The number of carbonyl (C=O) groups excluding carboxylic acids is 2. The molecular weight excluding hydrogens is 360 g/mol. The summed E-state index contributed by atoms with van der Waals surface area (Å²) in [5.41, 5.74) is 6.99. The molecule has 5 heteroatoms. The Morgan fingerprint density at radius 3 is 2.22 bits per heavy atom. The van der Waals surface area contributed by atoms with Crippen molar-refractivity contribution < 1.29 is 9.59 Å². The lowest BCUT2D eigenvalue weighted by Gasteiger charge is -2.21. The van der Waals surface area contributed by atoms with Crippen LogP contribution in [0.1, 0.15) is 24.2 Å². The third-order valence-electron chi connectivity index (χ3n) is 4.69. The molecule has 0 heterocycles. The molecule has 4 nitrogen and oxygen atoms in total. The summed E-state index contributed by atoms with van der Waals surface area (Å²) < 4.78 is 0. The SMILES string of the molecule is CC(C)(CNC(=O)c1ccc(-c2ccccc2Cl)c2ccccc12)C(N)=O. The van der Waals surface area contributed by atoms with Crippen LogP contribution in [0.15, 0.2) is 60.7 Å². The summed E-state index contributed by atoms with van der Waals surface area (Å²) >= 11 is 6.37. The van der Waals surface area contributed by atoms with E-state index in [2.05, 4.69) is 5.32 Å². The number of primary amides is 1. The third-order valence-corrected chi connectivity index (χ3v) is 5.02. The first-order valence-corrected chi connectivity index (χ1v) is 9.04. The maximum absolute atomic E-state index is 12.8. The molecule has 3 rings (SSSR count). The molecule has 3 N–H and O–H groups in total. The number of halogens is 1. The van der Waals surface area contributed by atoms with Crippen molar-refractivity contribution in [3.63, 3.8) is 0 Å². The van der Waals surface area contributed by atoms with Crippen molar-refractivity contribution in [3.8, 4) is 11.1 Å². The Morgan fingerprint density at radius 2 is 1.56 bits per heavy atom. The van der Waals surface area contributed by atoms with Crippen LogP contribution in [0.2, 0.25) is 5.02 Å². The Bertz CT molecular complexity index is 1030. The summed E-state index contributed by atoms with van der Waals surface area (Å²) in [4.78, 5) is 24.2.